The van der Waals surface area contributed by atoms with Gasteiger partial charge in [0.15, 0.2) is 0 Å². The maximum atomic E-state index is 10.5. The molecule has 76 valence electrons. The van der Waals surface area contributed by atoms with Crippen molar-refractivity contribution in [2.75, 3.05) is 0 Å². The molecule has 0 heterocycles. The quantitative estimate of drug-likeness (QED) is 0.591. The first-order valence-corrected chi connectivity index (χ1v) is 4.16. The van der Waals surface area contributed by atoms with Gasteiger partial charge in [0, 0.05) is 12.1 Å². The second kappa shape index (κ2) is 4.17. The highest BCUT2D eigenvalue weighted by atomic mass is 16.6. The Balaban J connectivity index is 3.14. The highest BCUT2D eigenvalue weighted by Crippen LogP contribution is 2.24. The fraction of sp³-hybridized carbons (Fsp3) is 0.333. The van der Waals surface area contributed by atoms with Crippen molar-refractivity contribution in [2.45, 2.75) is 20.0 Å². The van der Waals surface area contributed by atoms with Gasteiger partial charge in [-0.1, -0.05) is 6.07 Å². The molecule has 0 aliphatic rings. The van der Waals surface area contributed by atoms with Gasteiger partial charge in [0.25, 0.3) is 5.69 Å². The third-order valence-corrected chi connectivity index (χ3v) is 2.12. The number of nitro groups is 1. The van der Waals surface area contributed by atoms with Gasteiger partial charge < -0.3 is 0 Å². The van der Waals surface area contributed by atoms with Crippen molar-refractivity contribution in [3.05, 3.63) is 39.4 Å². The van der Waals surface area contributed by atoms with Crippen LogP contribution < -0.4 is 5.90 Å². The van der Waals surface area contributed by atoms with Crippen LogP contribution >= 0.6 is 0 Å². The molecule has 0 aromatic heterocycles. The monoisotopic (exact) mass is 196 g/mol. The lowest BCUT2D eigenvalue weighted by Crippen LogP contribution is -2.07. The fourth-order valence-corrected chi connectivity index (χ4v) is 1.25. The summed E-state index contributed by atoms with van der Waals surface area (Å²) in [7, 11) is 0. The first-order chi connectivity index (χ1) is 6.56. The van der Waals surface area contributed by atoms with Crippen LogP contribution in [0.25, 0.3) is 0 Å². The third kappa shape index (κ3) is 2.07. The number of nitrogens with zero attached hydrogens (tertiary/aromatic N) is 1. The highest BCUT2D eigenvalue weighted by Gasteiger charge is 2.13. The van der Waals surface area contributed by atoms with Gasteiger partial charge in [-0.2, -0.15) is 0 Å². The number of aryl methyl sites for hydroxylation is 1. The third-order valence-electron chi connectivity index (χ3n) is 2.12. The summed E-state index contributed by atoms with van der Waals surface area (Å²) in [5, 5.41) is 10.5. The van der Waals surface area contributed by atoms with Crippen molar-refractivity contribution in [1.29, 1.82) is 0 Å². The van der Waals surface area contributed by atoms with Crippen molar-refractivity contribution in [3.8, 4) is 0 Å². The molecule has 5 heteroatoms. The van der Waals surface area contributed by atoms with Gasteiger partial charge in [0.05, 0.1) is 4.92 Å². The first kappa shape index (κ1) is 10.6. The first-order valence-electron chi connectivity index (χ1n) is 4.16. The van der Waals surface area contributed by atoms with Gasteiger partial charge in [-0.05, 0) is 25.0 Å². The molecule has 0 bridgehead atoms. The molecule has 1 atom stereocenters. The van der Waals surface area contributed by atoms with Crippen molar-refractivity contribution >= 4 is 5.69 Å². The minimum Gasteiger partial charge on any atom is -0.297 e. The zero-order chi connectivity index (χ0) is 10.7. The van der Waals surface area contributed by atoms with Crippen molar-refractivity contribution in [1.82, 2.24) is 0 Å². The molecular weight excluding hydrogens is 184 g/mol. The van der Waals surface area contributed by atoms with E-state index in [1.54, 1.807) is 13.0 Å². The summed E-state index contributed by atoms with van der Waals surface area (Å²) >= 11 is 0. The van der Waals surface area contributed by atoms with E-state index < -0.39 is 4.92 Å². The van der Waals surface area contributed by atoms with E-state index in [2.05, 4.69) is 4.84 Å². The van der Waals surface area contributed by atoms with Gasteiger partial charge in [0.2, 0.25) is 0 Å². The van der Waals surface area contributed by atoms with E-state index in [-0.39, 0.29) is 11.8 Å². The van der Waals surface area contributed by atoms with E-state index in [9.17, 15) is 10.1 Å². The smallest absolute Gasteiger partial charge is 0.269 e. The Bertz CT molecular complexity index is 352. The van der Waals surface area contributed by atoms with Crippen LogP contribution in [0.15, 0.2) is 18.2 Å². The van der Waals surface area contributed by atoms with Crippen LogP contribution in [0.2, 0.25) is 0 Å². The lowest BCUT2D eigenvalue weighted by molar-refractivity contribution is -0.385. The predicted octanol–water partition coefficient (Wildman–Crippen LogP) is 1.85. The minimum absolute atomic E-state index is 0.0505. The van der Waals surface area contributed by atoms with Crippen LogP contribution in [0.5, 0.6) is 0 Å². The molecular formula is C9H12N2O3. The van der Waals surface area contributed by atoms with E-state index in [1.807, 2.05) is 6.92 Å². The molecule has 0 saturated heterocycles. The number of hydrogen-bond acceptors (Lipinski definition) is 4. The molecule has 5 nitrogen and oxygen atoms in total. The van der Waals surface area contributed by atoms with Gasteiger partial charge in [0.1, 0.15) is 6.10 Å². The number of rotatable bonds is 3. The summed E-state index contributed by atoms with van der Waals surface area (Å²) in [6, 6.07) is 4.62. The molecule has 0 saturated carbocycles. The molecule has 0 spiro atoms. The SMILES string of the molecule is Cc1ccc([N+](=O)[O-])cc1C(C)ON. The van der Waals surface area contributed by atoms with E-state index in [0.717, 1.165) is 11.1 Å². The number of nitrogens with two attached hydrogens (primary N) is 1. The summed E-state index contributed by atoms with van der Waals surface area (Å²) < 4.78 is 0. The summed E-state index contributed by atoms with van der Waals surface area (Å²) in [5.41, 5.74) is 1.71. The molecule has 0 radical (unpaired) electrons. The second-order valence-corrected chi connectivity index (χ2v) is 3.08. The molecule has 14 heavy (non-hydrogen) atoms. The summed E-state index contributed by atoms with van der Waals surface area (Å²) in [6.07, 6.45) is -0.338. The molecule has 1 aromatic carbocycles. The van der Waals surface area contributed by atoms with Crippen LogP contribution in [0, 0.1) is 17.0 Å². The Morgan fingerprint density at radius 1 is 1.57 bits per heavy atom. The van der Waals surface area contributed by atoms with E-state index >= 15 is 0 Å². The fourth-order valence-electron chi connectivity index (χ4n) is 1.25. The summed E-state index contributed by atoms with van der Waals surface area (Å²) in [5.74, 6) is 5.03. The number of benzene rings is 1. The van der Waals surface area contributed by atoms with E-state index in [1.165, 1.54) is 12.1 Å². The molecule has 0 amide bonds. The number of nitro benzene ring substituents is 1. The molecule has 2 N–H and O–H groups in total. The largest absolute Gasteiger partial charge is 0.297 e. The topological polar surface area (TPSA) is 78.4 Å². The molecule has 0 aliphatic heterocycles. The van der Waals surface area contributed by atoms with E-state index in [0.29, 0.717) is 0 Å². The Hall–Kier alpha value is -1.46. The molecule has 0 aliphatic carbocycles. The maximum Gasteiger partial charge on any atom is 0.269 e. The van der Waals surface area contributed by atoms with Crippen LogP contribution in [0.3, 0.4) is 0 Å². The Morgan fingerprint density at radius 3 is 2.71 bits per heavy atom. The van der Waals surface area contributed by atoms with Crippen molar-refractivity contribution in [3.63, 3.8) is 0 Å². The van der Waals surface area contributed by atoms with Crippen LogP contribution in [-0.4, -0.2) is 4.92 Å². The minimum atomic E-state index is -0.438. The average molecular weight is 196 g/mol. The maximum absolute atomic E-state index is 10.5. The normalized spacial score (nSPS) is 12.5. The Kier molecular flexibility index (Phi) is 3.16. The van der Waals surface area contributed by atoms with Gasteiger partial charge in [-0.3, -0.25) is 15.0 Å². The van der Waals surface area contributed by atoms with Crippen LogP contribution in [0.1, 0.15) is 24.2 Å². The van der Waals surface area contributed by atoms with Crippen molar-refractivity contribution < 1.29 is 9.76 Å². The molecule has 0 fully saturated rings. The highest BCUT2D eigenvalue weighted by molar-refractivity contribution is 5.40. The zero-order valence-corrected chi connectivity index (χ0v) is 8.06. The lowest BCUT2D eigenvalue weighted by Gasteiger charge is -2.11. The van der Waals surface area contributed by atoms with Crippen LogP contribution in [-0.2, 0) is 4.84 Å². The number of non-ortho nitro benzene ring substituents is 1. The Labute approximate surface area is 81.6 Å². The zero-order valence-electron chi connectivity index (χ0n) is 8.06. The van der Waals surface area contributed by atoms with Crippen molar-refractivity contribution in [2.24, 2.45) is 5.90 Å². The molecule has 1 rings (SSSR count). The summed E-state index contributed by atoms with van der Waals surface area (Å²) in [6.45, 7) is 3.60. The van der Waals surface area contributed by atoms with Gasteiger partial charge in [-0.25, -0.2) is 5.90 Å². The number of hydrogen-bond donors (Lipinski definition) is 1. The summed E-state index contributed by atoms with van der Waals surface area (Å²) in [4.78, 5) is 14.7. The van der Waals surface area contributed by atoms with E-state index in [4.69, 9.17) is 5.90 Å². The average Bonchev–Trinajstić information content (AvgIpc) is 2.17. The predicted molar refractivity (Wildman–Crippen MR) is 51.5 cm³/mol. The lowest BCUT2D eigenvalue weighted by atomic mass is 10.0. The van der Waals surface area contributed by atoms with Crippen LogP contribution in [0.4, 0.5) is 5.69 Å². The molecule has 1 aromatic rings. The van der Waals surface area contributed by atoms with Gasteiger partial charge in [-0.15, -0.1) is 0 Å². The standard InChI is InChI=1S/C9H12N2O3/c1-6-3-4-8(11(12)13)5-9(6)7(2)14-10/h3-5,7H,10H2,1-2H3. The second-order valence-electron chi connectivity index (χ2n) is 3.08. The Morgan fingerprint density at radius 2 is 2.21 bits per heavy atom. The van der Waals surface area contributed by atoms with Gasteiger partial charge >= 0.3 is 0 Å². The molecule has 1 unspecified atom stereocenters.